The summed E-state index contributed by atoms with van der Waals surface area (Å²) in [6, 6.07) is 0.528. The summed E-state index contributed by atoms with van der Waals surface area (Å²) in [5, 5.41) is 3.16. The smallest absolute Gasteiger partial charge is 0.237 e. The molecule has 0 unspecified atom stereocenters. The van der Waals surface area contributed by atoms with E-state index in [9.17, 15) is 4.79 Å². The van der Waals surface area contributed by atoms with E-state index in [0.29, 0.717) is 6.04 Å². The molecule has 2 saturated heterocycles. The Morgan fingerprint density at radius 1 is 1.05 bits per heavy atom. The normalized spacial score (nSPS) is 29.8. The molecule has 3 fully saturated rings. The number of hydrogen-bond donors (Lipinski definition) is 1. The Labute approximate surface area is 135 Å². The fourth-order valence-electron chi connectivity index (χ4n) is 4.00. The quantitative estimate of drug-likeness (QED) is 0.846. The van der Waals surface area contributed by atoms with Crippen LogP contribution in [0.25, 0.3) is 0 Å². The second kappa shape index (κ2) is 7.78. The summed E-state index contributed by atoms with van der Waals surface area (Å²) >= 11 is 0. The Hall–Kier alpha value is -0.610. The number of likely N-dealkylation sites (tertiary alicyclic amines) is 2. The molecular formula is C18H33N3O. The predicted molar refractivity (Wildman–Crippen MR) is 89.8 cm³/mol. The molecule has 3 aliphatic rings. The van der Waals surface area contributed by atoms with Crippen LogP contribution in [0.1, 0.15) is 58.3 Å². The highest BCUT2D eigenvalue weighted by Gasteiger charge is 2.31. The van der Waals surface area contributed by atoms with Gasteiger partial charge in [0.1, 0.15) is 0 Å². The first-order valence-corrected chi connectivity index (χ1v) is 9.49. The Bertz CT molecular complexity index is 361. The van der Waals surface area contributed by atoms with Gasteiger partial charge in [0.15, 0.2) is 0 Å². The number of nitrogens with zero attached hydrogens (tertiary/aromatic N) is 2. The van der Waals surface area contributed by atoms with Crippen LogP contribution in [0.2, 0.25) is 0 Å². The largest absolute Gasteiger partial charge is 0.352 e. The molecule has 2 aliphatic heterocycles. The molecule has 0 aromatic carbocycles. The highest BCUT2D eigenvalue weighted by atomic mass is 16.2. The SMILES string of the molecule is C[C@H](C(=O)NC1CC1)N1CCC[C@H](CN2CCCCCC2)C1. The highest BCUT2D eigenvalue weighted by molar-refractivity contribution is 5.81. The van der Waals surface area contributed by atoms with Crippen molar-refractivity contribution in [3.05, 3.63) is 0 Å². The molecule has 0 aromatic rings. The van der Waals surface area contributed by atoms with Gasteiger partial charge in [-0.1, -0.05) is 12.8 Å². The van der Waals surface area contributed by atoms with E-state index in [-0.39, 0.29) is 11.9 Å². The van der Waals surface area contributed by atoms with Gasteiger partial charge in [0.05, 0.1) is 6.04 Å². The molecule has 4 heteroatoms. The van der Waals surface area contributed by atoms with Crippen LogP contribution in [0.5, 0.6) is 0 Å². The first-order chi connectivity index (χ1) is 10.7. The molecule has 1 saturated carbocycles. The lowest BCUT2D eigenvalue weighted by Crippen LogP contribution is -2.51. The molecule has 2 heterocycles. The molecule has 2 atom stereocenters. The van der Waals surface area contributed by atoms with Crippen molar-refractivity contribution in [2.24, 2.45) is 5.92 Å². The maximum absolute atomic E-state index is 12.3. The van der Waals surface area contributed by atoms with Crippen molar-refractivity contribution < 1.29 is 4.79 Å². The van der Waals surface area contributed by atoms with E-state index >= 15 is 0 Å². The molecule has 0 aromatic heterocycles. The van der Waals surface area contributed by atoms with Crippen LogP contribution < -0.4 is 5.32 Å². The highest BCUT2D eigenvalue weighted by Crippen LogP contribution is 2.23. The van der Waals surface area contributed by atoms with Crippen LogP contribution in [0, 0.1) is 5.92 Å². The standard InChI is InChI=1S/C18H33N3O/c1-15(18(22)19-17-8-9-17)21-12-6-7-16(14-21)13-20-10-4-2-3-5-11-20/h15-17H,2-14H2,1H3,(H,19,22)/t15-,16-/m1/s1. The molecule has 1 aliphatic carbocycles. The molecule has 4 nitrogen and oxygen atoms in total. The zero-order chi connectivity index (χ0) is 15.4. The molecule has 22 heavy (non-hydrogen) atoms. The summed E-state index contributed by atoms with van der Waals surface area (Å²) < 4.78 is 0. The zero-order valence-electron chi connectivity index (χ0n) is 14.2. The van der Waals surface area contributed by atoms with Crippen molar-refractivity contribution in [2.45, 2.75) is 70.4 Å². The minimum atomic E-state index is 0.0486. The molecule has 0 spiro atoms. The monoisotopic (exact) mass is 307 g/mol. The number of nitrogens with one attached hydrogen (secondary N) is 1. The number of rotatable bonds is 5. The molecule has 126 valence electrons. The van der Waals surface area contributed by atoms with Crippen molar-refractivity contribution in [2.75, 3.05) is 32.7 Å². The van der Waals surface area contributed by atoms with Gasteiger partial charge < -0.3 is 10.2 Å². The Kier molecular flexibility index (Phi) is 5.75. The van der Waals surface area contributed by atoms with Gasteiger partial charge in [0.25, 0.3) is 0 Å². The maximum atomic E-state index is 12.3. The minimum absolute atomic E-state index is 0.0486. The molecular weight excluding hydrogens is 274 g/mol. The van der Waals surface area contributed by atoms with E-state index in [2.05, 4.69) is 22.0 Å². The average molecular weight is 307 g/mol. The van der Waals surface area contributed by atoms with E-state index in [1.165, 1.54) is 71.0 Å². The van der Waals surface area contributed by atoms with Crippen molar-refractivity contribution in [1.29, 1.82) is 0 Å². The third kappa shape index (κ3) is 4.69. The average Bonchev–Trinajstić information content (AvgIpc) is 3.35. The second-order valence-corrected chi connectivity index (χ2v) is 7.68. The first-order valence-electron chi connectivity index (χ1n) is 9.49. The summed E-state index contributed by atoms with van der Waals surface area (Å²) in [6.07, 6.45) is 10.5. The lowest BCUT2D eigenvalue weighted by molar-refractivity contribution is -0.126. The first kappa shape index (κ1) is 16.3. The summed E-state index contributed by atoms with van der Waals surface area (Å²) in [5.74, 6) is 1.00. The summed E-state index contributed by atoms with van der Waals surface area (Å²) in [5.41, 5.74) is 0. The number of amides is 1. The van der Waals surface area contributed by atoms with Gasteiger partial charge in [0, 0.05) is 19.1 Å². The zero-order valence-corrected chi connectivity index (χ0v) is 14.2. The van der Waals surface area contributed by atoms with E-state index in [1.807, 2.05) is 0 Å². The molecule has 1 N–H and O–H groups in total. The Morgan fingerprint density at radius 3 is 2.45 bits per heavy atom. The third-order valence-corrected chi connectivity index (χ3v) is 5.62. The van der Waals surface area contributed by atoms with Crippen LogP contribution in [-0.2, 0) is 4.79 Å². The summed E-state index contributed by atoms with van der Waals surface area (Å²) in [6.45, 7) is 8.10. The van der Waals surface area contributed by atoms with Gasteiger partial charge in [0.2, 0.25) is 5.91 Å². The number of carbonyl (C=O) groups excluding carboxylic acids is 1. The van der Waals surface area contributed by atoms with E-state index < -0.39 is 0 Å². The molecule has 3 rings (SSSR count). The van der Waals surface area contributed by atoms with Gasteiger partial charge in [-0.05, 0) is 71.0 Å². The third-order valence-electron chi connectivity index (χ3n) is 5.62. The van der Waals surface area contributed by atoms with Gasteiger partial charge in [-0.2, -0.15) is 0 Å². The number of carbonyl (C=O) groups is 1. The Morgan fingerprint density at radius 2 is 1.77 bits per heavy atom. The fourth-order valence-corrected chi connectivity index (χ4v) is 4.00. The van der Waals surface area contributed by atoms with Crippen LogP contribution >= 0.6 is 0 Å². The molecule has 1 amide bonds. The fraction of sp³-hybridized carbons (Fsp3) is 0.944. The van der Waals surface area contributed by atoms with Gasteiger partial charge in [-0.25, -0.2) is 0 Å². The van der Waals surface area contributed by atoms with Gasteiger partial charge in [-0.3, -0.25) is 9.69 Å². The Balaban J connectivity index is 1.46. The van der Waals surface area contributed by atoms with Crippen LogP contribution in [0.15, 0.2) is 0 Å². The predicted octanol–water partition coefficient (Wildman–Crippen LogP) is 2.24. The lowest BCUT2D eigenvalue weighted by Gasteiger charge is -2.38. The number of piperidine rings is 1. The topological polar surface area (TPSA) is 35.6 Å². The summed E-state index contributed by atoms with van der Waals surface area (Å²) in [7, 11) is 0. The van der Waals surface area contributed by atoms with E-state index in [4.69, 9.17) is 0 Å². The second-order valence-electron chi connectivity index (χ2n) is 7.68. The van der Waals surface area contributed by atoms with E-state index in [1.54, 1.807) is 0 Å². The van der Waals surface area contributed by atoms with Crippen LogP contribution in [0.4, 0.5) is 0 Å². The summed E-state index contributed by atoms with van der Waals surface area (Å²) in [4.78, 5) is 17.4. The van der Waals surface area contributed by atoms with Crippen LogP contribution in [-0.4, -0.2) is 60.5 Å². The van der Waals surface area contributed by atoms with Crippen molar-refractivity contribution in [3.8, 4) is 0 Å². The molecule has 0 radical (unpaired) electrons. The van der Waals surface area contributed by atoms with Gasteiger partial charge >= 0.3 is 0 Å². The minimum Gasteiger partial charge on any atom is -0.352 e. The van der Waals surface area contributed by atoms with Gasteiger partial charge in [-0.15, -0.1) is 0 Å². The van der Waals surface area contributed by atoms with Crippen molar-refractivity contribution in [3.63, 3.8) is 0 Å². The number of hydrogen-bond acceptors (Lipinski definition) is 3. The van der Waals surface area contributed by atoms with Crippen LogP contribution in [0.3, 0.4) is 0 Å². The molecule has 0 bridgehead atoms. The van der Waals surface area contributed by atoms with Crippen molar-refractivity contribution >= 4 is 5.91 Å². The van der Waals surface area contributed by atoms with Crippen molar-refractivity contribution in [1.82, 2.24) is 15.1 Å². The lowest BCUT2D eigenvalue weighted by atomic mass is 9.96. The maximum Gasteiger partial charge on any atom is 0.237 e. The van der Waals surface area contributed by atoms with E-state index in [0.717, 1.165) is 19.0 Å².